The number of aryl methyl sites for hydroxylation is 1. The van der Waals surface area contributed by atoms with E-state index in [9.17, 15) is 4.79 Å². The summed E-state index contributed by atoms with van der Waals surface area (Å²) in [5, 5.41) is 0. The van der Waals surface area contributed by atoms with Crippen LogP contribution in [0.3, 0.4) is 0 Å². The molecule has 3 aliphatic carbocycles. The molecule has 41 heavy (non-hydrogen) atoms. The number of ether oxygens (including phenoxy) is 3. The van der Waals surface area contributed by atoms with Gasteiger partial charge in [-0.3, -0.25) is 4.79 Å². The van der Waals surface area contributed by atoms with Crippen LogP contribution in [-0.2, 0) is 28.0 Å². The summed E-state index contributed by atoms with van der Waals surface area (Å²) in [6.45, 7) is 5.07. The molecule has 0 N–H and O–H groups in total. The van der Waals surface area contributed by atoms with E-state index in [0.29, 0.717) is 23.8 Å². The molecule has 216 valence electrons. The molecule has 6 rings (SSSR count). The van der Waals surface area contributed by atoms with E-state index in [-0.39, 0.29) is 28.5 Å². The normalized spacial score (nSPS) is 24.4. The molecule has 0 bridgehead atoms. The van der Waals surface area contributed by atoms with Crippen LogP contribution >= 0.6 is 0 Å². The Morgan fingerprint density at radius 1 is 0.902 bits per heavy atom. The van der Waals surface area contributed by atoms with E-state index in [1.54, 1.807) is 19.2 Å². The van der Waals surface area contributed by atoms with Crippen molar-refractivity contribution < 1.29 is 23.4 Å². The van der Waals surface area contributed by atoms with Gasteiger partial charge in [0.05, 0.1) is 20.1 Å². The van der Waals surface area contributed by atoms with Crippen molar-refractivity contribution in [1.82, 2.24) is 0 Å². The maximum atomic E-state index is 15.1. The van der Waals surface area contributed by atoms with Crippen molar-refractivity contribution in [2.45, 2.75) is 83.2 Å². The van der Waals surface area contributed by atoms with Gasteiger partial charge in [-0.05, 0) is 114 Å². The minimum Gasteiger partial charge on any atom is -0.497 e. The number of fused-ring (bicyclic) bond motifs is 2. The molecule has 3 aromatic carbocycles. The molecule has 0 heterocycles. The van der Waals surface area contributed by atoms with E-state index in [1.165, 1.54) is 36.3 Å². The lowest BCUT2D eigenvalue weighted by Crippen LogP contribution is -2.50. The summed E-state index contributed by atoms with van der Waals surface area (Å²) in [6, 6.07) is 17.7. The zero-order chi connectivity index (χ0) is 28.8. The third-order valence-electron chi connectivity index (χ3n) is 10.3. The number of esters is 1. The molecule has 3 atom stereocenters. The number of carbonyl (C=O) groups excluding carboxylic acids is 1. The average molecular weight is 557 g/mol. The molecule has 4 nitrogen and oxygen atoms in total. The van der Waals surface area contributed by atoms with Gasteiger partial charge in [-0.1, -0.05) is 44.5 Å². The monoisotopic (exact) mass is 556 g/mol. The van der Waals surface area contributed by atoms with Gasteiger partial charge < -0.3 is 14.2 Å². The van der Waals surface area contributed by atoms with Gasteiger partial charge in [0.15, 0.2) is 0 Å². The van der Waals surface area contributed by atoms with Crippen molar-refractivity contribution in [1.29, 1.82) is 0 Å². The maximum absolute atomic E-state index is 15.1. The number of carbonyl (C=O) groups is 1. The highest BCUT2D eigenvalue weighted by molar-refractivity contribution is 5.76. The van der Waals surface area contributed by atoms with Gasteiger partial charge in [0.2, 0.25) is 0 Å². The highest BCUT2D eigenvalue weighted by atomic mass is 19.1. The van der Waals surface area contributed by atoms with Crippen LogP contribution in [0.1, 0.15) is 87.0 Å². The second-order valence-electron chi connectivity index (χ2n) is 12.9. The average Bonchev–Trinajstić information content (AvgIpc) is 3.33. The fourth-order valence-corrected chi connectivity index (χ4v) is 7.94. The van der Waals surface area contributed by atoms with Gasteiger partial charge in [0.1, 0.15) is 23.9 Å². The number of benzene rings is 3. The highest BCUT2D eigenvalue weighted by Gasteiger charge is 2.53. The van der Waals surface area contributed by atoms with E-state index in [0.717, 1.165) is 61.8 Å². The second kappa shape index (κ2) is 10.8. The van der Waals surface area contributed by atoms with Crippen molar-refractivity contribution in [3.63, 3.8) is 0 Å². The lowest BCUT2D eigenvalue weighted by Gasteiger charge is -2.51. The van der Waals surface area contributed by atoms with Gasteiger partial charge in [-0.25, -0.2) is 4.39 Å². The fraction of sp³-hybridized carbons (Fsp3) is 0.472. The number of halogens is 1. The lowest BCUT2D eigenvalue weighted by atomic mass is 9.52. The predicted octanol–water partition coefficient (Wildman–Crippen LogP) is 8.53. The molecule has 0 saturated heterocycles. The van der Waals surface area contributed by atoms with Crippen LogP contribution in [0.4, 0.5) is 4.39 Å². The molecule has 5 heteroatoms. The molecule has 2 fully saturated rings. The van der Waals surface area contributed by atoms with Crippen molar-refractivity contribution in [2.24, 2.45) is 11.3 Å². The quantitative estimate of drug-likeness (QED) is 0.274. The molecular formula is C36H41FO4. The summed E-state index contributed by atoms with van der Waals surface area (Å²) in [4.78, 5) is 12.6. The van der Waals surface area contributed by atoms with Gasteiger partial charge >= 0.3 is 5.97 Å². The number of hydrogen-bond donors (Lipinski definition) is 0. The minimum absolute atomic E-state index is 0.0660. The molecule has 0 aromatic heterocycles. The number of hydrogen-bond acceptors (Lipinski definition) is 4. The van der Waals surface area contributed by atoms with Crippen LogP contribution in [0.2, 0.25) is 0 Å². The van der Waals surface area contributed by atoms with E-state index in [2.05, 4.69) is 50.2 Å². The molecule has 0 aliphatic heterocycles. The van der Waals surface area contributed by atoms with Gasteiger partial charge in [-0.2, -0.15) is 0 Å². The molecule has 0 amide bonds. The maximum Gasteiger partial charge on any atom is 0.309 e. The molecule has 3 aromatic rings. The Hall–Kier alpha value is -3.34. The Balaban J connectivity index is 1.31. The SMILES string of the molecule is COC(=O)C1CCC12CCCc1ccc(OCc3ccc(-c4cc(OC)ccc4F)c(C4CCCC4(C)C)c3)cc12. The van der Waals surface area contributed by atoms with E-state index < -0.39 is 0 Å². The second-order valence-corrected chi connectivity index (χ2v) is 12.9. The highest BCUT2D eigenvalue weighted by Crippen LogP contribution is 2.56. The Morgan fingerprint density at radius 2 is 1.73 bits per heavy atom. The third kappa shape index (κ3) is 4.91. The summed E-state index contributed by atoms with van der Waals surface area (Å²) in [6.07, 6.45) is 8.47. The molecule has 3 unspecified atom stereocenters. The first-order valence-electron chi connectivity index (χ1n) is 15.1. The topological polar surface area (TPSA) is 44.8 Å². The Labute approximate surface area is 243 Å². The van der Waals surface area contributed by atoms with Crippen LogP contribution < -0.4 is 9.47 Å². The fourth-order valence-electron chi connectivity index (χ4n) is 7.94. The van der Waals surface area contributed by atoms with Crippen molar-refractivity contribution >= 4 is 5.97 Å². The molecule has 0 radical (unpaired) electrons. The predicted molar refractivity (Wildman–Crippen MR) is 159 cm³/mol. The van der Waals surface area contributed by atoms with Gasteiger partial charge in [0, 0.05) is 11.0 Å². The first-order chi connectivity index (χ1) is 19.8. The summed E-state index contributed by atoms with van der Waals surface area (Å²) in [5.74, 6) is 1.41. The smallest absolute Gasteiger partial charge is 0.309 e. The van der Waals surface area contributed by atoms with Crippen LogP contribution in [0, 0.1) is 17.2 Å². The Bertz CT molecular complexity index is 1460. The van der Waals surface area contributed by atoms with Crippen LogP contribution in [0.25, 0.3) is 11.1 Å². The Morgan fingerprint density at radius 3 is 2.44 bits per heavy atom. The lowest BCUT2D eigenvalue weighted by molar-refractivity contribution is -0.153. The zero-order valence-corrected chi connectivity index (χ0v) is 24.7. The summed E-state index contributed by atoms with van der Waals surface area (Å²) in [5.41, 5.74) is 6.36. The molecule has 2 saturated carbocycles. The van der Waals surface area contributed by atoms with Gasteiger partial charge in [0.25, 0.3) is 0 Å². The van der Waals surface area contributed by atoms with Gasteiger partial charge in [-0.15, -0.1) is 0 Å². The first kappa shape index (κ1) is 27.8. The first-order valence-corrected chi connectivity index (χ1v) is 15.1. The van der Waals surface area contributed by atoms with E-state index >= 15 is 4.39 Å². The van der Waals surface area contributed by atoms with Crippen LogP contribution in [-0.4, -0.2) is 20.2 Å². The van der Waals surface area contributed by atoms with Crippen LogP contribution in [0.15, 0.2) is 54.6 Å². The van der Waals surface area contributed by atoms with Crippen molar-refractivity contribution in [3.05, 3.63) is 82.7 Å². The summed E-state index contributed by atoms with van der Waals surface area (Å²) >= 11 is 0. The van der Waals surface area contributed by atoms with E-state index in [1.807, 2.05) is 0 Å². The van der Waals surface area contributed by atoms with Crippen molar-refractivity contribution in [3.8, 4) is 22.6 Å². The zero-order valence-electron chi connectivity index (χ0n) is 24.7. The van der Waals surface area contributed by atoms with Crippen molar-refractivity contribution in [2.75, 3.05) is 14.2 Å². The molecule has 1 spiro atoms. The standard InChI is InChI=1S/C36H41FO4/c1-35(2)16-6-8-30(35)28-19-23(9-13-27(28)29-20-25(39-3)12-14-33(29)37)22-41-26-11-10-24-7-5-17-36(32(24)21-26)18-15-31(36)34(38)40-4/h9-14,19-21,30-31H,5-8,15-18,22H2,1-4H3. The van der Waals surface area contributed by atoms with Crippen LogP contribution in [0.5, 0.6) is 11.5 Å². The Kier molecular flexibility index (Phi) is 7.33. The number of methoxy groups -OCH3 is 2. The minimum atomic E-state index is -0.240. The molecular weight excluding hydrogens is 515 g/mol. The van der Waals surface area contributed by atoms with E-state index in [4.69, 9.17) is 14.2 Å². The summed E-state index contributed by atoms with van der Waals surface area (Å²) in [7, 11) is 3.11. The number of rotatable bonds is 7. The largest absolute Gasteiger partial charge is 0.497 e. The third-order valence-corrected chi connectivity index (χ3v) is 10.3. The molecule has 3 aliphatic rings. The summed E-state index contributed by atoms with van der Waals surface area (Å²) < 4.78 is 32.1.